The second kappa shape index (κ2) is 8.85. The summed E-state index contributed by atoms with van der Waals surface area (Å²) >= 11 is 7.75. The maximum absolute atomic E-state index is 12.3. The molecule has 0 unspecified atom stereocenters. The number of carbonyl (C=O) groups is 2. The molecule has 3 rings (SSSR count). The summed E-state index contributed by atoms with van der Waals surface area (Å²) < 4.78 is 5.37. The van der Waals surface area contributed by atoms with Gasteiger partial charge in [0.25, 0.3) is 0 Å². The molecule has 0 spiro atoms. The summed E-state index contributed by atoms with van der Waals surface area (Å²) in [6, 6.07) is 13.5. The first-order valence-corrected chi connectivity index (χ1v) is 10.4. The fraction of sp³-hybridized carbons (Fsp3) is 0.227. The van der Waals surface area contributed by atoms with E-state index in [2.05, 4.69) is 10.3 Å². The lowest BCUT2D eigenvalue weighted by molar-refractivity contribution is -0.145. The van der Waals surface area contributed by atoms with E-state index in [4.69, 9.17) is 21.4 Å². The molecule has 0 saturated carbocycles. The maximum atomic E-state index is 12.3. The van der Waals surface area contributed by atoms with Gasteiger partial charge in [0, 0.05) is 10.9 Å². The van der Waals surface area contributed by atoms with Gasteiger partial charge < -0.3 is 15.2 Å². The highest BCUT2D eigenvalue weighted by Gasteiger charge is 2.29. The molecule has 0 aliphatic carbocycles. The average Bonchev–Trinajstić information content (AvgIpc) is 3.16. The molecule has 6 nitrogen and oxygen atoms in total. The SMILES string of the molecule is COc1cc(-c2nc(CC(=O)NC(C)(C)C(=O)O)cs2)c(-c2ccccc2)cc1Cl. The summed E-state index contributed by atoms with van der Waals surface area (Å²) in [6.45, 7) is 2.87. The minimum Gasteiger partial charge on any atom is -0.495 e. The van der Waals surface area contributed by atoms with Crippen LogP contribution in [0.3, 0.4) is 0 Å². The van der Waals surface area contributed by atoms with Crippen molar-refractivity contribution in [1.82, 2.24) is 10.3 Å². The van der Waals surface area contributed by atoms with Crippen LogP contribution in [0.4, 0.5) is 0 Å². The van der Waals surface area contributed by atoms with Gasteiger partial charge in [0.2, 0.25) is 5.91 Å². The third-order valence-corrected chi connectivity index (χ3v) is 5.71. The molecule has 2 N–H and O–H groups in total. The van der Waals surface area contributed by atoms with Crippen molar-refractivity contribution in [3.8, 4) is 27.4 Å². The number of aliphatic carboxylic acids is 1. The molecule has 0 saturated heterocycles. The Morgan fingerprint density at radius 1 is 1.20 bits per heavy atom. The molecular formula is C22H21ClN2O4S. The van der Waals surface area contributed by atoms with Crippen molar-refractivity contribution in [3.63, 3.8) is 0 Å². The van der Waals surface area contributed by atoms with Crippen molar-refractivity contribution in [2.45, 2.75) is 25.8 Å². The average molecular weight is 445 g/mol. The first-order chi connectivity index (χ1) is 14.2. The van der Waals surface area contributed by atoms with Crippen LogP contribution < -0.4 is 10.1 Å². The zero-order chi connectivity index (χ0) is 21.9. The lowest BCUT2D eigenvalue weighted by Crippen LogP contribution is -2.50. The van der Waals surface area contributed by atoms with Gasteiger partial charge in [-0.3, -0.25) is 4.79 Å². The Labute approximate surface area is 183 Å². The predicted octanol–water partition coefficient (Wildman–Crippen LogP) is 4.66. The van der Waals surface area contributed by atoms with E-state index >= 15 is 0 Å². The van der Waals surface area contributed by atoms with E-state index in [1.165, 1.54) is 25.2 Å². The second-order valence-electron chi connectivity index (χ2n) is 7.20. The zero-order valence-electron chi connectivity index (χ0n) is 16.7. The van der Waals surface area contributed by atoms with Gasteiger partial charge in [-0.1, -0.05) is 41.9 Å². The highest BCUT2D eigenvalue weighted by atomic mass is 35.5. The molecule has 0 aliphatic rings. The van der Waals surface area contributed by atoms with E-state index in [9.17, 15) is 9.59 Å². The molecule has 30 heavy (non-hydrogen) atoms. The van der Waals surface area contributed by atoms with E-state index in [0.29, 0.717) is 21.5 Å². The van der Waals surface area contributed by atoms with Gasteiger partial charge in [-0.2, -0.15) is 0 Å². The van der Waals surface area contributed by atoms with Crippen molar-refractivity contribution in [2.24, 2.45) is 0 Å². The summed E-state index contributed by atoms with van der Waals surface area (Å²) in [5.41, 5.74) is 1.93. The van der Waals surface area contributed by atoms with Gasteiger partial charge in [-0.25, -0.2) is 9.78 Å². The van der Waals surface area contributed by atoms with Crippen molar-refractivity contribution in [2.75, 3.05) is 7.11 Å². The molecule has 0 radical (unpaired) electrons. The van der Waals surface area contributed by atoms with Crippen LogP contribution in [-0.2, 0) is 16.0 Å². The molecule has 2 aromatic carbocycles. The van der Waals surface area contributed by atoms with E-state index in [-0.39, 0.29) is 6.42 Å². The number of halogens is 1. The summed E-state index contributed by atoms with van der Waals surface area (Å²) in [6.07, 6.45) is -0.0153. The van der Waals surface area contributed by atoms with Crippen LogP contribution in [0, 0.1) is 0 Å². The smallest absolute Gasteiger partial charge is 0.328 e. The molecule has 8 heteroatoms. The number of ether oxygens (including phenoxy) is 1. The molecule has 0 bridgehead atoms. The normalized spacial score (nSPS) is 11.2. The Hall–Kier alpha value is -2.90. The molecule has 156 valence electrons. The molecule has 0 fully saturated rings. The number of carboxylic acid groups (broad SMARTS) is 1. The second-order valence-corrected chi connectivity index (χ2v) is 8.46. The number of nitrogens with zero attached hydrogens (tertiary/aromatic N) is 1. The van der Waals surface area contributed by atoms with Crippen LogP contribution in [0.15, 0.2) is 47.8 Å². The number of hydrogen-bond donors (Lipinski definition) is 2. The van der Waals surface area contributed by atoms with Crippen LogP contribution in [0.5, 0.6) is 5.75 Å². The Morgan fingerprint density at radius 3 is 2.53 bits per heavy atom. The summed E-state index contributed by atoms with van der Waals surface area (Å²) in [4.78, 5) is 28.1. The van der Waals surface area contributed by atoms with Gasteiger partial charge in [0.15, 0.2) is 0 Å². The lowest BCUT2D eigenvalue weighted by Gasteiger charge is -2.20. The van der Waals surface area contributed by atoms with Crippen molar-refractivity contribution in [3.05, 3.63) is 58.6 Å². The highest BCUT2D eigenvalue weighted by molar-refractivity contribution is 7.13. The topological polar surface area (TPSA) is 88.5 Å². The van der Waals surface area contributed by atoms with E-state index in [0.717, 1.165) is 16.7 Å². The summed E-state index contributed by atoms with van der Waals surface area (Å²) in [5, 5.41) is 14.7. The molecule has 1 heterocycles. The van der Waals surface area contributed by atoms with Crippen LogP contribution in [-0.4, -0.2) is 34.6 Å². The van der Waals surface area contributed by atoms with Crippen molar-refractivity contribution < 1.29 is 19.4 Å². The molecule has 3 aromatic rings. The zero-order valence-corrected chi connectivity index (χ0v) is 18.3. The largest absolute Gasteiger partial charge is 0.495 e. The third kappa shape index (κ3) is 4.80. The van der Waals surface area contributed by atoms with Crippen LogP contribution in [0.25, 0.3) is 21.7 Å². The van der Waals surface area contributed by atoms with E-state index < -0.39 is 17.4 Å². The van der Waals surface area contributed by atoms with E-state index in [1.54, 1.807) is 12.5 Å². The van der Waals surface area contributed by atoms with Gasteiger partial charge in [0.05, 0.1) is 24.2 Å². The number of thiazole rings is 1. The van der Waals surface area contributed by atoms with Crippen LogP contribution >= 0.6 is 22.9 Å². The minimum atomic E-state index is -1.35. The summed E-state index contributed by atoms with van der Waals surface area (Å²) in [7, 11) is 1.55. The number of benzene rings is 2. The van der Waals surface area contributed by atoms with Crippen LogP contribution in [0.2, 0.25) is 5.02 Å². The quantitative estimate of drug-likeness (QED) is 0.553. The highest BCUT2D eigenvalue weighted by Crippen LogP contribution is 2.40. The number of amides is 1. The molecule has 0 aliphatic heterocycles. The van der Waals surface area contributed by atoms with Crippen molar-refractivity contribution in [1.29, 1.82) is 0 Å². The van der Waals surface area contributed by atoms with Gasteiger partial charge in [-0.15, -0.1) is 11.3 Å². The number of carboxylic acids is 1. The van der Waals surface area contributed by atoms with Gasteiger partial charge in [-0.05, 0) is 37.1 Å². The van der Waals surface area contributed by atoms with Crippen molar-refractivity contribution >= 4 is 34.8 Å². The predicted molar refractivity (Wildman–Crippen MR) is 118 cm³/mol. The Morgan fingerprint density at radius 2 is 1.90 bits per heavy atom. The number of nitrogens with one attached hydrogen (secondary N) is 1. The molecular weight excluding hydrogens is 424 g/mol. The monoisotopic (exact) mass is 444 g/mol. The number of aromatic nitrogens is 1. The fourth-order valence-electron chi connectivity index (χ4n) is 2.87. The lowest BCUT2D eigenvalue weighted by atomic mass is 9.99. The number of methoxy groups -OCH3 is 1. The first kappa shape index (κ1) is 21.8. The number of hydrogen-bond acceptors (Lipinski definition) is 5. The number of rotatable bonds is 7. The summed E-state index contributed by atoms with van der Waals surface area (Å²) in [5.74, 6) is -0.976. The van der Waals surface area contributed by atoms with E-state index in [1.807, 2.05) is 42.5 Å². The molecule has 1 amide bonds. The standard InChI is InChI=1S/C22H21ClN2O4S/c1-22(2,21(27)28)25-19(26)9-14-12-30-20(24-14)16-11-18(29-3)17(23)10-15(16)13-7-5-4-6-8-13/h4-8,10-12H,9H2,1-3H3,(H,25,26)(H,27,28). The molecule has 0 atom stereocenters. The molecule has 1 aromatic heterocycles. The number of carbonyl (C=O) groups excluding carboxylic acids is 1. The Bertz CT molecular complexity index is 1080. The third-order valence-electron chi connectivity index (χ3n) is 4.49. The first-order valence-electron chi connectivity index (χ1n) is 9.13. The minimum absolute atomic E-state index is 0.0153. The van der Waals surface area contributed by atoms with Crippen LogP contribution in [0.1, 0.15) is 19.5 Å². The van der Waals surface area contributed by atoms with Gasteiger partial charge >= 0.3 is 5.97 Å². The van der Waals surface area contributed by atoms with Gasteiger partial charge in [0.1, 0.15) is 16.3 Å². The Kier molecular flexibility index (Phi) is 6.43. The fourth-order valence-corrected chi connectivity index (χ4v) is 3.96. The Balaban J connectivity index is 1.93. The maximum Gasteiger partial charge on any atom is 0.328 e.